The Morgan fingerprint density at radius 3 is 2.00 bits per heavy atom. The summed E-state index contributed by atoms with van der Waals surface area (Å²) >= 11 is 0. The lowest BCUT2D eigenvalue weighted by Crippen LogP contribution is -2.29. The number of ketones is 1. The van der Waals surface area contributed by atoms with E-state index in [1.54, 1.807) is 0 Å². The van der Waals surface area contributed by atoms with Crippen LogP contribution in [0.2, 0.25) is 0 Å². The summed E-state index contributed by atoms with van der Waals surface area (Å²) in [4.78, 5) is 11.9. The van der Waals surface area contributed by atoms with E-state index >= 15 is 0 Å². The van der Waals surface area contributed by atoms with Gasteiger partial charge in [0.1, 0.15) is 5.78 Å². The van der Waals surface area contributed by atoms with Crippen LogP contribution < -0.4 is 5.73 Å². The maximum atomic E-state index is 11.9. The summed E-state index contributed by atoms with van der Waals surface area (Å²) in [6, 6.07) is 0. The van der Waals surface area contributed by atoms with E-state index in [1.165, 1.54) is 0 Å². The van der Waals surface area contributed by atoms with Crippen LogP contribution in [0.4, 0.5) is 0 Å². The Morgan fingerprint density at radius 1 is 1.21 bits per heavy atom. The zero-order valence-corrected chi connectivity index (χ0v) is 10.0. The molecule has 0 saturated heterocycles. The smallest absolute Gasteiger partial charge is 0.137 e. The van der Waals surface area contributed by atoms with Crippen LogP contribution in [-0.2, 0) is 4.79 Å². The highest BCUT2D eigenvalue weighted by Gasteiger charge is 2.22. The van der Waals surface area contributed by atoms with Gasteiger partial charge in [-0.25, -0.2) is 0 Å². The second kappa shape index (κ2) is 6.99. The van der Waals surface area contributed by atoms with Gasteiger partial charge in [-0.3, -0.25) is 4.79 Å². The van der Waals surface area contributed by atoms with E-state index in [1.807, 2.05) is 0 Å². The summed E-state index contributed by atoms with van der Waals surface area (Å²) in [6.07, 6.45) is 2.91. The molecule has 0 bridgehead atoms. The number of rotatable bonds is 7. The molecule has 1 atom stereocenters. The van der Waals surface area contributed by atoms with Crippen molar-refractivity contribution < 1.29 is 4.79 Å². The lowest BCUT2D eigenvalue weighted by molar-refractivity contribution is -0.124. The number of hydrogen-bond acceptors (Lipinski definition) is 2. The van der Waals surface area contributed by atoms with Crippen molar-refractivity contribution >= 4 is 5.78 Å². The molecule has 0 aromatic rings. The first-order valence-corrected chi connectivity index (χ1v) is 5.79. The van der Waals surface area contributed by atoms with E-state index in [0.29, 0.717) is 30.6 Å². The molecule has 0 amide bonds. The summed E-state index contributed by atoms with van der Waals surface area (Å²) in [5, 5.41) is 0. The Morgan fingerprint density at radius 2 is 1.71 bits per heavy atom. The van der Waals surface area contributed by atoms with Gasteiger partial charge >= 0.3 is 0 Å². The van der Waals surface area contributed by atoms with Crippen LogP contribution in [0.25, 0.3) is 0 Å². The van der Waals surface area contributed by atoms with Gasteiger partial charge in [-0.1, -0.05) is 40.5 Å². The quantitative estimate of drug-likeness (QED) is 0.685. The van der Waals surface area contributed by atoms with Crippen molar-refractivity contribution in [3.63, 3.8) is 0 Å². The van der Waals surface area contributed by atoms with Crippen molar-refractivity contribution in [2.75, 3.05) is 6.54 Å². The van der Waals surface area contributed by atoms with Crippen LogP contribution in [0.1, 0.15) is 47.0 Å². The third-order valence-corrected chi connectivity index (χ3v) is 3.12. The van der Waals surface area contributed by atoms with E-state index in [0.717, 1.165) is 12.8 Å². The van der Waals surface area contributed by atoms with E-state index in [2.05, 4.69) is 27.7 Å². The molecule has 0 rings (SSSR count). The predicted molar refractivity (Wildman–Crippen MR) is 61.1 cm³/mol. The molecule has 0 heterocycles. The highest BCUT2D eigenvalue weighted by Crippen LogP contribution is 2.19. The maximum absolute atomic E-state index is 11.9. The Bertz CT molecular complexity index is 162. The van der Waals surface area contributed by atoms with Crippen molar-refractivity contribution in [1.29, 1.82) is 0 Å². The molecule has 0 aliphatic heterocycles. The summed E-state index contributed by atoms with van der Waals surface area (Å²) < 4.78 is 0. The van der Waals surface area contributed by atoms with Gasteiger partial charge in [-0.05, 0) is 11.8 Å². The lowest BCUT2D eigenvalue weighted by atomic mass is 9.85. The van der Waals surface area contributed by atoms with Crippen molar-refractivity contribution in [1.82, 2.24) is 0 Å². The fourth-order valence-corrected chi connectivity index (χ4v) is 1.79. The maximum Gasteiger partial charge on any atom is 0.137 e. The van der Waals surface area contributed by atoms with Gasteiger partial charge in [0.25, 0.3) is 0 Å². The Hall–Kier alpha value is -0.370. The average molecular weight is 199 g/mol. The summed E-state index contributed by atoms with van der Waals surface area (Å²) in [5.41, 5.74) is 5.61. The number of carbonyl (C=O) groups is 1. The topological polar surface area (TPSA) is 43.1 Å². The first-order chi connectivity index (χ1) is 6.56. The number of nitrogens with two attached hydrogens (primary N) is 1. The summed E-state index contributed by atoms with van der Waals surface area (Å²) in [7, 11) is 0. The molecule has 0 radical (unpaired) electrons. The van der Waals surface area contributed by atoms with Crippen molar-refractivity contribution in [3.05, 3.63) is 0 Å². The first kappa shape index (κ1) is 13.6. The molecule has 0 aromatic carbocycles. The normalized spacial score (nSPS) is 13.6. The molecular weight excluding hydrogens is 174 g/mol. The van der Waals surface area contributed by atoms with Crippen LogP contribution in [-0.4, -0.2) is 12.3 Å². The highest BCUT2D eigenvalue weighted by atomic mass is 16.1. The minimum Gasteiger partial charge on any atom is -0.330 e. The Kier molecular flexibility index (Phi) is 6.81. The lowest BCUT2D eigenvalue weighted by Gasteiger charge is -2.20. The van der Waals surface area contributed by atoms with E-state index in [-0.39, 0.29) is 5.92 Å². The summed E-state index contributed by atoms with van der Waals surface area (Å²) in [6.45, 7) is 8.93. The van der Waals surface area contributed by atoms with Gasteiger partial charge in [0.2, 0.25) is 0 Å². The standard InChI is InChI=1S/C12H25NO/c1-5-10(6-2)7-12(14)11(8-13)9(3)4/h9-11H,5-8,13H2,1-4H3. The Labute approximate surface area is 88.3 Å². The molecular formula is C12H25NO. The number of hydrogen-bond donors (Lipinski definition) is 1. The van der Waals surface area contributed by atoms with Gasteiger partial charge < -0.3 is 5.73 Å². The zero-order chi connectivity index (χ0) is 11.1. The van der Waals surface area contributed by atoms with Gasteiger partial charge in [0.05, 0.1) is 0 Å². The molecule has 0 aliphatic carbocycles. The monoisotopic (exact) mass is 199 g/mol. The zero-order valence-electron chi connectivity index (χ0n) is 10.0. The molecule has 0 saturated carbocycles. The van der Waals surface area contributed by atoms with Crippen LogP contribution in [0.5, 0.6) is 0 Å². The number of carbonyl (C=O) groups excluding carboxylic acids is 1. The van der Waals surface area contributed by atoms with Crippen molar-refractivity contribution in [2.24, 2.45) is 23.5 Å². The summed E-state index contributed by atoms with van der Waals surface area (Å²) in [5.74, 6) is 1.35. The molecule has 2 nitrogen and oxygen atoms in total. The van der Waals surface area contributed by atoms with Gasteiger partial charge in [-0.2, -0.15) is 0 Å². The molecule has 0 spiro atoms. The first-order valence-electron chi connectivity index (χ1n) is 5.79. The second-order valence-electron chi connectivity index (χ2n) is 4.44. The highest BCUT2D eigenvalue weighted by molar-refractivity contribution is 5.81. The fraction of sp³-hybridized carbons (Fsp3) is 0.917. The molecule has 2 N–H and O–H groups in total. The number of Topliss-reactive ketones (excluding diaryl/α,β-unsaturated/α-hetero) is 1. The molecule has 0 fully saturated rings. The molecule has 84 valence electrons. The average Bonchev–Trinajstić information content (AvgIpc) is 2.14. The van der Waals surface area contributed by atoms with Crippen molar-refractivity contribution in [3.8, 4) is 0 Å². The molecule has 0 aliphatic rings. The third-order valence-electron chi connectivity index (χ3n) is 3.12. The molecule has 0 aromatic heterocycles. The van der Waals surface area contributed by atoms with Gasteiger partial charge in [0.15, 0.2) is 0 Å². The minimum atomic E-state index is 0.0654. The SMILES string of the molecule is CCC(CC)CC(=O)C(CN)C(C)C. The van der Waals surface area contributed by atoms with Crippen LogP contribution in [0, 0.1) is 17.8 Å². The third kappa shape index (κ3) is 4.23. The van der Waals surface area contributed by atoms with Gasteiger partial charge in [-0.15, -0.1) is 0 Å². The van der Waals surface area contributed by atoms with Crippen LogP contribution in [0.3, 0.4) is 0 Å². The van der Waals surface area contributed by atoms with Gasteiger partial charge in [0, 0.05) is 18.9 Å². The fourth-order valence-electron chi connectivity index (χ4n) is 1.79. The molecule has 1 unspecified atom stereocenters. The van der Waals surface area contributed by atoms with Crippen molar-refractivity contribution in [2.45, 2.75) is 47.0 Å². The minimum absolute atomic E-state index is 0.0654. The van der Waals surface area contributed by atoms with E-state index < -0.39 is 0 Å². The predicted octanol–water partition coefficient (Wildman–Crippen LogP) is 2.61. The van der Waals surface area contributed by atoms with Crippen LogP contribution in [0.15, 0.2) is 0 Å². The van der Waals surface area contributed by atoms with E-state index in [4.69, 9.17) is 5.73 Å². The Balaban J connectivity index is 4.16. The van der Waals surface area contributed by atoms with Crippen LogP contribution >= 0.6 is 0 Å². The second-order valence-corrected chi connectivity index (χ2v) is 4.44. The largest absolute Gasteiger partial charge is 0.330 e. The molecule has 2 heteroatoms. The van der Waals surface area contributed by atoms with E-state index in [9.17, 15) is 4.79 Å². The molecule has 14 heavy (non-hydrogen) atoms.